The van der Waals surface area contributed by atoms with Gasteiger partial charge in [-0.25, -0.2) is 14.4 Å². The standard InChI is InChI=1S/C26H24FN5O3/c1-16-29-15-21(30-16)14-24(31-17(2)33)26(34)32-25-13-19(11-12-28-25)18-3-7-22(8-4-18)35-23-9-5-20(27)6-10-23/h3-13,15,24H,14H2,1-2H3,(H,29,30)(H,31,33)(H,28,32,34)/t24-/m0/s1. The number of ether oxygens (including phenoxy) is 1. The summed E-state index contributed by atoms with van der Waals surface area (Å²) in [6, 6.07) is 15.9. The molecule has 4 aromatic rings. The minimum atomic E-state index is -0.791. The molecular formula is C26H24FN5O3. The fourth-order valence-corrected chi connectivity index (χ4v) is 3.50. The van der Waals surface area contributed by atoms with E-state index in [0.29, 0.717) is 17.3 Å². The first-order chi connectivity index (χ1) is 16.9. The highest BCUT2D eigenvalue weighted by atomic mass is 19.1. The molecule has 0 aliphatic rings. The number of aromatic amines is 1. The smallest absolute Gasteiger partial charge is 0.248 e. The van der Waals surface area contributed by atoms with Gasteiger partial charge in [-0.05, 0) is 66.6 Å². The van der Waals surface area contributed by atoms with Crippen LogP contribution in [0.1, 0.15) is 18.4 Å². The van der Waals surface area contributed by atoms with Crippen molar-refractivity contribution < 1.29 is 18.7 Å². The lowest BCUT2D eigenvalue weighted by atomic mass is 10.1. The molecule has 0 saturated heterocycles. The summed E-state index contributed by atoms with van der Waals surface area (Å²) in [7, 11) is 0. The fourth-order valence-electron chi connectivity index (χ4n) is 3.50. The van der Waals surface area contributed by atoms with E-state index >= 15 is 0 Å². The van der Waals surface area contributed by atoms with E-state index in [1.54, 1.807) is 42.7 Å². The summed E-state index contributed by atoms with van der Waals surface area (Å²) in [6.07, 6.45) is 3.50. The van der Waals surface area contributed by atoms with Crippen LogP contribution < -0.4 is 15.4 Å². The maximum absolute atomic E-state index is 13.1. The van der Waals surface area contributed by atoms with Crippen molar-refractivity contribution in [2.24, 2.45) is 0 Å². The molecule has 0 spiro atoms. The molecule has 0 radical (unpaired) electrons. The van der Waals surface area contributed by atoms with E-state index in [1.807, 2.05) is 25.1 Å². The number of rotatable bonds is 8. The molecule has 3 N–H and O–H groups in total. The molecule has 178 valence electrons. The van der Waals surface area contributed by atoms with Crippen molar-refractivity contribution >= 4 is 17.6 Å². The van der Waals surface area contributed by atoms with Gasteiger partial charge < -0.3 is 20.4 Å². The second-order valence-electron chi connectivity index (χ2n) is 7.95. The Kier molecular flexibility index (Phi) is 7.15. The van der Waals surface area contributed by atoms with Crippen molar-refractivity contribution in [1.82, 2.24) is 20.3 Å². The largest absolute Gasteiger partial charge is 0.457 e. The molecule has 8 nitrogen and oxygen atoms in total. The molecule has 0 fully saturated rings. The van der Waals surface area contributed by atoms with Gasteiger partial charge in [-0.3, -0.25) is 9.59 Å². The molecule has 0 bridgehead atoms. The first-order valence-electron chi connectivity index (χ1n) is 10.9. The molecule has 2 amide bonds. The third-order valence-corrected chi connectivity index (χ3v) is 5.12. The molecule has 0 saturated carbocycles. The quantitative estimate of drug-likeness (QED) is 0.352. The highest BCUT2D eigenvalue weighted by Gasteiger charge is 2.21. The van der Waals surface area contributed by atoms with Crippen molar-refractivity contribution in [2.75, 3.05) is 5.32 Å². The molecule has 0 aliphatic heterocycles. The maximum atomic E-state index is 13.1. The summed E-state index contributed by atoms with van der Waals surface area (Å²) >= 11 is 0. The number of imidazole rings is 1. The lowest BCUT2D eigenvalue weighted by Crippen LogP contribution is -2.44. The average molecular weight is 474 g/mol. The Labute approximate surface area is 201 Å². The maximum Gasteiger partial charge on any atom is 0.248 e. The molecule has 2 aromatic carbocycles. The van der Waals surface area contributed by atoms with Crippen LogP contribution in [-0.4, -0.2) is 32.8 Å². The van der Waals surface area contributed by atoms with Crippen molar-refractivity contribution in [2.45, 2.75) is 26.3 Å². The highest BCUT2D eigenvalue weighted by molar-refractivity contribution is 5.96. The summed E-state index contributed by atoms with van der Waals surface area (Å²) in [5.74, 6) is 1.20. The van der Waals surface area contributed by atoms with Crippen molar-refractivity contribution in [3.05, 3.63) is 90.4 Å². The van der Waals surface area contributed by atoms with Crippen LogP contribution in [0, 0.1) is 12.7 Å². The van der Waals surface area contributed by atoms with Crippen LogP contribution in [0.3, 0.4) is 0 Å². The van der Waals surface area contributed by atoms with Gasteiger partial charge in [-0.1, -0.05) is 12.1 Å². The SMILES string of the molecule is CC(=O)N[C@@H](Cc1cnc(C)[nH]1)C(=O)Nc1cc(-c2ccc(Oc3ccc(F)cc3)cc2)ccn1. The summed E-state index contributed by atoms with van der Waals surface area (Å²) in [4.78, 5) is 36.0. The van der Waals surface area contributed by atoms with Crippen LogP contribution in [0.15, 0.2) is 73.1 Å². The summed E-state index contributed by atoms with van der Waals surface area (Å²) in [5, 5.41) is 5.45. The Balaban J connectivity index is 1.45. The number of halogens is 1. The number of nitrogens with one attached hydrogen (secondary N) is 3. The summed E-state index contributed by atoms with van der Waals surface area (Å²) in [6.45, 7) is 3.18. The zero-order valence-corrected chi connectivity index (χ0v) is 19.2. The van der Waals surface area contributed by atoms with Gasteiger partial charge in [-0.15, -0.1) is 0 Å². The van der Waals surface area contributed by atoms with Crippen LogP contribution in [0.2, 0.25) is 0 Å². The number of aromatic nitrogens is 3. The number of amides is 2. The first-order valence-corrected chi connectivity index (χ1v) is 10.9. The van der Waals surface area contributed by atoms with Gasteiger partial charge in [0.25, 0.3) is 0 Å². The lowest BCUT2D eigenvalue weighted by Gasteiger charge is -2.17. The number of H-pyrrole nitrogens is 1. The number of carbonyl (C=O) groups is 2. The second kappa shape index (κ2) is 10.6. The summed E-state index contributed by atoms with van der Waals surface area (Å²) < 4.78 is 18.8. The van der Waals surface area contributed by atoms with E-state index in [9.17, 15) is 14.0 Å². The van der Waals surface area contributed by atoms with Crippen LogP contribution in [0.4, 0.5) is 10.2 Å². The van der Waals surface area contributed by atoms with Crippen LogP contribution in [0.25, 0.3) is 11.1 Å². The normalized spacial score (nSPS) is 11.5. The number of aryl methyl sites for hydroxylation is 1. The van der Waals surface area contributed by atoms with E-state index in [0.717, 1.165) is 22.6 Å². The number of pyridine rings is 1. The minimum Gasteiger partial charge on any atom is -0.457 e. The third-order valence-electron chi connectivity index (χ3n) is 5.12. The molecule has 4 rings (SSSR count). The van der Waals surface area contributed by atoms with Gasteiger partial charge in [-0.2, -0.15) is 0 Å². The molecular weight excluding hydrogens is 449 g/mol. The zero-order valence-electron chi connectivity index (χ0n) is 19.2. The van der Waals surface area contributed by atoms with Gasteiger partial charge in [0.15, 0.2) is 0 Å². The third kappa shape index (κ3) is 6.50. The Morgan fingerprint density at radius 2 is 1.69 bits per heavy atom. The monoisotopic (exact) mass is 473 g/mol. The molecule has 35 heavy (non-hydrogen) atoms. The zero-order chi connectivity index (χ0) is 24.8. The Morgan fingerprint density at radius 3 is 2.31 bits per heavy atom. The predicted octanol–water partition coefficient (Wildman–Crippen LogP) is 4.40. The van der Waals surface area contributed by atoms with E-state index in [4.69, 9.17) is 4.74 Å². The number of carbonyl (C=O) groups excluding carboxylic acids is 2. The number of anilines is 1. The molecule has 9 heteroatoms. The van der Waals surface area contributed by atoms with E-state index in [-0.39, 0.29) is 24.1 Å². The fraction of sp³-hybridized carbons (Fsp3) is 0.154. The lowest BCUT2D eigenvalue weighted by molar-refractivity contribution is -0.125. The van der Waals surface area contributed by atoms with Gasteiger partial charge in [0.05, 0.1) is 0 Å². The Hall–Kier alpha value is -4.53. The first kappa shape index (κ1) is 23.6. The number of benzene rings is 2. The molecule has 0 unspecified atom stereocenters. The van der Waals surface area contributed by atoms with Crippen molar-refractivity contribution in [3.8, 4) is 22.6 Å². The number of hydrogen-bond acceptors (Lipinski definition) is 5. The van der Waals surface area contributed by atoms with Crippen LogP contribution in [0.5, 0.6) is 11.5 Å². The second-order valence-corrected chi connectivity index (χ2v) is 7.95. The van der Waals surface area contributed by atoms with Gasteiger partial charge in [0.1, 0.15) is 35.0 Å². The average Bonchev–Trinajstić information content (AvgIpc) is 3.25. The predicted molar refractivity (Wildman–Crippen MR) is 129 cm³/mol. The van der Waals surface area contributed by atoms with Crippen molar-refractivity contribution in [1.29, 1.82) is 0 Å². The molecule has 2 heterocycles. The Morgan fingerprint density at radius 1 is 1.00 bits per heavy atom. The number of hydrogen-bond donors (Lipinski definition) is 3. The van der Waals surface area contributed by atoms with E-state index in [1.165, 1.54) is 19.1 Å². The van der Waals surface area contributed by atoms with Crippen molar-refractivity contribution in [3.63, 3.8) is 0 Å². The van der Waals surface area contributed by atoms with Gasteiger partial charge >= 0.3 is 0 Å². The summed E-state index contributed by atoms with van der Waals surface area (Å²) in [5.41, 5.74) is 2.46. The van der Waals surface area contributed by atoms with Crippen LogP contribution in [-0.2, 0) is 16.0 Å². The topological polar surface area (TPSA) is 109 Å². The van der Waals surface area contributed by atoms with Gasteiger partial charge in [0, 0.05) is 31.4 Å². The molecule has 1 atom stereocenters. The highest BCUT2D eigenvalue weighted by Crippen LogP contribution is 2.27. The Bertz CT molecular complexity index is 1320. The molecule has 2 aromatic heterocycles. The molecule has 0 aliphatic carbocycles. The minimum absolute atomic E-state index is 0.265. The number of nitrogens with zero attached hydrogens (tertiary/aromatic N) is 2. The van der Waals surface area contributed by atoms with Crippen LogP contribution >= 0.6 is 0 Å². The van der Waals surface area contributed by atoms with E-state index in [2.05, 4.69) is 25.6 Å². The van der Waals surface area contributed by atoms with Gasteiger partial charge in [0.2, 0.25) is 11.8 Å². The van der Waals surface area contributed by atoms with E-state index < -0.39 is 6.04 Å².